The maximum absolute atomic E-state index is 9.88. The predicted molar refractivity (Wildman–Crippen MR) is 23.9 cm³/mol. The first-order chi connectivity index (χ1) is 3.18. The van der Waals surface area contributed by atoms with Crippen LogP contribution >= 0.6 is 0 Å². The maximum atomic E-state index is 9.88. The molecule has 0 spiro atoms. The number of nitrogens with one attached hydrogen (secondary N) is 1. The highest BCUT2D eigenvalue weighted by Gasteiger charge is 1.76. The van der Waals surface area contributed by atoms with E-state index in [0.29, 0.717) is 0 Å². The van der Waals surface area contributed by atoms with Gasteiger partial charge in [-0.15, -0.1) is 4.79 Å². The lowest BCUT2D eigenvalue weighted by molar-refractivity contribution is -0.693. The highest BCUT2D eigenvalue weighted by molar-refractivity contribution is 5.14. The molecule has 0 aromatic carbocycles. The second kappa shape index (κ2) is 2.38. The van der Waals surface area contributed by atoms with Crippen molar-refractivity contribution >= 4 is 6.72 Å². The van der Waals surface area contributed by atoms with Crippen molar-refractivity contribution in [1.82, 2.24) is 5.34 Å². The average Bonchev–Trinajstić information content (AvgIpc) is 1.65. The fourth-order valence-corrected chi connectivity index (χ4v) is 0.0986. The first-order valence-corrected chi connectivity index (χ1v) is 1.51. The zero-order valence-electron chi connectivity index (χ0n) is 3.92. The average molecular weight is 104 g/mol. The summed E-state index contributed by atoms with van der Waals surface area (Å²) < 4.78 is 0. The maximum Gasteiger partial charge on any atom is 0.153 e. The van der Waals surface area contributed by atoms with Crippen molar-refractivity contribution in [2.24, 2.45) is 0 Å². The molecule has 0 radical (unpaired) electrons. The van der Waals surface area contributed by atoms with Crippen LogP contribution in [0.3, 0.4) is 0 Å². The van der Waals surface area contributed by atoms with E-state index in [1.54, 1.807) is 0 Å². The first kappa shape index (κ1) is 6.19. The molecule has 0 rings (SSSR count). The molecule has 0 amide bonds. The molecule has 0 aliphatic rings. The Bertz CT molecular complexity index is 73.3. The highest BCUT2D eigenvalue weighted by atomic mass is 16.9. The van der Waals surface area contributed by atoms with Crippen molar-refractivity contribution in [3.05, 3.63) is 11.0 Å². The zero-order chi connectivity index (χ0) is 5.86. The summed E-state index contributed by atoms with van der Waals surface area (Å²) in [5.41, 5.74) is 0. The van der Waals surface area contributed by atoms with Crippen LogP contribution in [0.1, 0.15) is 0 Å². The van der Waals surface area contributed by atoms with Gasteiger partial charge in [0.15, 0.2) is 6.72 Å². The molecule has 0 aromatic heterocycles. The molecule has 0 aliphatic carbocycles. The van der Waals surface area contributed by atoms with Gasteiger partial charge in [0.25, 0.3) is 0 Å². The fourth-order valence-electron chi connectivity index (χ4n) is 0.0986. The van der Waals surface area contributed by atoms with E-state index in [1.165, 1.54) is 0 Å². The summed E-state index contributed by atoms with van der Waals surface area (Å²) in [5.74, 6) is 6.39. The molecular weight excluding hydrogens is 98.0 g/mol. The summed E-state index contributed by atoms with van der Waals surface area (Å²) in [4.78, 5) is 4.24. The second-order valence-electron chi connectivity index (χ2n) is 0.820. The molecule has 5 heteroatoms. The van der Waals surface area contributed by atoms with Crippen LogP contribution in [-0.4, -0.2) is 24.0 Å². The Kier molecular flexibility index (Phi) is 2.10. The number of hydrazine groups is 1. The van der Waals surface area contributed by atoms with Gasteiger partial charge in [0.1, 0.15) is 0 Å². The lowest BCUT2D eigenvalue weighted by atomic mass is 11.6. The molecule has 0 aromatic rings. The van der Waals surface area contributed by atoms with E-state index >= 15 is 0 Å². The van der Waals surface area contributed by atoms with E-state index in [9.17, 15) is 5.21 Å². The van der Waals surface area contributed by atoms with Crippen molar-refractivity contribution < 1.29 is 9.63 Å². The van der Waals surface area contributed by atoms with Crippen LogP contribution in [0.15, 0.2) is 0 Å². The summed E-state index contributed by atoms with van der Waals surface area (Å²) in [6.07, 6.45) is 0. The quantitative estimate of drug-likeness (QED) is 0.280. The van der Waals surface area contributed by atoms with Crippen LogP contribution in [0.5, 0.6) is 0 Å². The van der Waals surface area contributed by atoms with Gasteiger partial charge in [0, 0.05) is 7.11 Å². The SMILES string of the molecule is C=[N+]([NH-])N([O-])OC. The van der Waals surface area contributed by atoms with Crippen LogP contribution in [0.2, 0.25) is 0 Å². The van der Waals surface area contributed by atoms with E-state index in [1.807, 2.05) is 0 Å². The largest absolute Gasteiger partial charge is 0.789 e. The van der Waals surface area contributed by atoms with Crippen molar-refractivity contribution in [2.75, 3.05) is 7.11 Å². The van der Waals surface area contributed by atoms with Gasteiger partial charge in [-0.3, -0.25) is 0 Å². The highest BCUT2D eigenvalue weighted by Crippen LogP contribution is 1.80. The minimum atomic E-state index is -0.0694. The van der Waals surface area contributed by atoms with Gasteiger partial charge >= 0.3 is 0 Å². The lowest BCUT2D eigenvalue weighted by Gasteiger charge is -2.27. The Morgan fingerprint density at radius 2 is 2.43 bits per heavy atom. The summed E-state index contributed by atoms with van der Waals surface area (Å²) in [6, 6.07) is 0. The van der Waals surface area contributed by atoms with Crippen LogP contribution in [0.25, 0.3) is 5.84 Å². The molecular formula is C2H6N3O2-. The zero-order valence-corrected chi connectivity index (χ0v) is 3.92. The Balaban J connectivity index is 3.34. The molecule has 0 aliphatic heterocycles. The number of nitrogens with zero attached hydrogens (tertiary/aromatic N) is 2. The first-order valence-electron chi connectivity index (χ1n) is 1.51. The van der Waals surface area contributed by atoms with Gasteiger partial charge in [-0.2, -0.15) is 0 Å². The molecule has 1 N–H and O–H groups in total. The van der Waals surface area contributed by atoms with E-state index in [-0.39, 0.29) is 10.1 Å². The third-order valence-corrected chi connectivity index (χ3v) is 0.353. The van der Waals surface area contributed by atoms with Gasteiger partial charge in [0.05, 0.1) is 0 Å². The van der Waals surface area contributed by atoms with Gasteiger partial charge in [-0.1, -0.05) is 0 Å². The van der Waals surface area contributed by atoms with Gasteiger partial charge in [0.2, 0.25) is 0 Å². The van der Waals surface area contributed by atoms with Crippen LogP contribution in [0.4, 0.5) is 0 Å². The number of hydrogen-bond acceptors (Lipinski definition) is 3. The van der Waals surface area contributed by atoms with Crippen LogP contribution in [0, 0.1) is 5.21 Å². The molecule has 0 fully saturated rings. The third kappa shape index (κ3) is 1.96. The fraction of sp³-hybridized carbons (Fsp3) is 0.500. The van der Waals surface area contributed by atoms with Gasteiger partial charge in [-0.05, 0) is 0 Å². The number of rotatable bonds is 2. The monoisotopic (exact) mass is 104 g/mol. The molecule has 7 heavy (non-hydrogen) atoms. The Morgan fingerprint density at radius 1 is 2.00 bits per heavy atom. The smallest absolute Gasteiger partial charge is 0.153 e. The molecule has 42 valence electrons. The second-order valence-corrected chi connectivity index (χ2v) is 0.820. The minimum absolute atomic E-state index is 0.0694. The third-order valence-electron chi connectivity index (χ3n) is 0.353. The van der Waals surface area contributed by atoms with Crippen molar-refractivity contribution in [1.29, 1.82) is 0 Å². The van der Waals surface area contributed by atoms with E-state index in [0.717, 1.165) is 7.11 Å². The Hall–Kier alpha value is -0.810. The number of hydrogen-bond donors (Lipinski definition) is 0. The summed E-state index contributed by atoms with van der Waals surface area (Å²) in [6.45, 7) is 2.90. The predicted octanol–water partition coefficient (Wildman–Crippen LogP) is -0.0571. The van der Waals surface area contributed by atoms with E-state index < -0.39 is 0 Å². The van der Waals surface area contributed by atoms with E-state index in [4.69, 9.17) is 5.84 Å². The lowest BCUT2D eigenvalue weighted by Crippen LogP contribution is -2.20. The molecule has 0 heterocycles. The topological polar surface area (TPSA) is 62.3 Å². The van der Waals surface area contributed by atoms with Gasteiger partial charge < -0.3 is 10.0 Å². The summed E-state index contributed by atoms with van der Waals surface area (Å²) >= 11 is 0. The van der Waals surface area contributed by atoms with Crippen molar-refractivity contribution in [3.8, 4) is 0 Å². The molecule has 0 saturated carbocycles. The van der Waals surface area contributed by atoms with Crippen LogP contribution in [-0.2, 0) is 4.84 Å². The standard InChI is InChI=1S/C2H6N3O2/c1-4(3)5(6)7-2/h3H,1H2,2H3/q-1. The molecule has 5 nitrogen and oxygen atoms in total. The normalized spacial score (nSPS) is 8.29. The minimum Gasteiger partial charge on any atom is -0.789 e. The Labute approximate surface area is 41.1 Å². The summed E-state index contributed by atoms with van der Waals surface area (Å²) in [7, 11) is 1.15. The summed E-state index contributed by atoms with van der Waals surface area (Å²) in [5, 5.41) is 9.81. The molecule has 0 atom stereocenters. The molecule has 0 saturated heterocycles. The molecule has 0 unspecified atom stereocenters. The van der Waals surface area contributed by atoms with Crippen molar-refractivity contribution in [2.45, 2.75) is 0 Å². The molecule has 0 bridgehead atoms. The van der Waals surface area contributed by atoms with Gasteiger partial charge in [-0.25, -0.2) is 11.2 Å². The number of hydrazone groups is 1. The van der Waals surface area contributed by atoms with Crippen LogP contribution < -0.4 is 0 Å². The van der Waals surface area contributed by atoms with E-state index in [2.05, 4.69) is 11.6 Å². The Morgan fingerprint density at radius 3 is 2.43 bits per heavy atom. The van der Waals surface area contributed by atoms with Crippen molar-refractivity contribution in [3.63, 3.8) is 0 Å².